The molecule has 0 saturated carbocycles. The largest absolute Gasteiger partial charge is 0.305 e. The van der Waals surface area contributed by atoms with Crippen molar-refractivity contribution in [2.24, 2.45) is 31.3 Å². The molecule has 0 aliphatic rings. The molecular formula is C5HN7OS. The summed E-state index contributed by atoms with van der Waals surface area (Å²) in [5.74, 6) is 6.41. The van der Waals surface area contributed by atoms with Crippen LogP contribution in [0.1, 0.15) is 0 Å². The van der Waals surface area contributed by atoms with Gasteiger partial charge in [0.05, 0.1) is 24.2 Å². The summed E-state index contributed by atoms with van der Waals surface area (Å²) < 4.78 is 3.86. The molecule has 0 amide bonds. The molecule has 0 aromatic carbocycles. The lowest BCUT2D eigenvalue weighted by Gasteiger charge is -1.71. The van der Waals surface area contributed by atoms with Crippen molar-refractivity contribution in [3.05, 3.63) is 0 Å². The summed E-state index contributed by atoms with van der Waals surface area (Å²) >= 11 is 3.23. The highest BCUT2D eigenvalue weighted by molar-refractivity contribution is 7.75. The predicted molar refractivity (Wildman–Crippen MR) is 45.8 cm³/mol. The minimum atomic E-state index is 1.57. The minimum Gasteiger partial charge on any atom is -0.305 e. The Morgan fingerprint density at radius 3 is 2.50 bits per heavy atom. The molecule has 0 spiro atoms. The summed E-state index contributed by atoms with van der Waals surface area (Å²) in [6.45, 7) is 0. The lowest BCUT2D eigenvalue weighted by atomic mass is 10.6. The van der Waals surface area contributed by atoms with Crippen molar-refractivity contribution in [1.82, 2.24) is 0 Å². The number of rotatable bonds is 3. The molecular weight excluding hydrogens is 206 g/mol. The quantitative estimate of drug-likeness (QED) is 0.248. The lowest BCUT2D eigenvalue weighted by molar-refractivity contribution is 0.367. The van der Waals surface area contributed by atoms with Gasteiger partial charge in [0.1, 0.15) is 0 Å². The Morgan fingerprint density at radius 2 is 1.79 bits per heavy atom. The molecule has 14 heavy (non-hydrogen) atoms. The van der Waals surface area contributed by atoms with Gasteiger partial charge in [0.15, 0.2) is 6.07 Å². The van der Waals surface area contributed by atoms with Crippen molar-refractivity contribution in [1.29, 1.82) is 5.26 Å². The highest BCUT2D eigenvalue weighted by Gasteiger charge is 1.66. The Balaban J connectivity index is 3.84. The van der Waals surface area contributed by atoms with E-state index in [1.807, 2.05) is 5.92 Å². The molecule has 0 heterocycles. The van der Waals surface area contributed by atoms with Gasteiger partial charge in [-0.15, -0.1) is 0 Å². The van der Waals surface area contributed by atoms with Crippen LogP contribution in [0.25, 0.3) is 0 Å². The van der Waals surface area contributed by atoms with Crippen LogP contribution in [-0.4, -0.2) is 0 Å². The third kappa shape index (κ3) is 9.56. The maximum absolute atomic E-state index is 7.97. The molecule has 0 rings (SSSR count). The van der Waals surface area contributed by atoms with E-state index >= 15 is 0 Å². The average molecular weight is 207 g/mol. The Labute approximate surface area is 84.3 Å². The van der Waals surface area contributed by atoms with Gasteiger partial charge in [-0.2, -0.15) is 5.26 Å². The van der Waals surface area contributed by atoms with Crippen LogP contribution in [-0.2, 0) is 4.28 Å². The van der Waals surface area contributed by atoms with E-state index in [0.29, 0.717) is 0 Å². The third-order valence-corrected chi connectivity index (χ3v) is 0.598. The van der Waals surface area contributed by atoms with Gasteiger partial charge in [0, 0.05) is 28.2 Å². The smallest absolute Gasteiger partial charge is 0.153 e. The van der Waals surface area contributed by atoms with Crippen LogP contribution in [0.4, 0.5) is 0 Å². The average Bonchev–Trinajstić information content (AvgIpc) is 2.21. The van der Waals surface area contributed by atoms with Crippen LogP contribution in [0.2, 0.25) is 0 Å². The zero-order valence-corrected chi connectivity index (χ0v) is 7.38. The number of hydrogen-bond donors (Lipinski definition) is 1. The van der Waals surface area contributed by atoms with Crippen LogP contribution in [0.15, 0.2) is 31.3 Å². The van der Waals surface area contributed by atoms with Gasteiger partial charge < -0.3 is 4.28 Å². The van der Waals surface area contributed by atoms with E-state index in [4.69, 9.17) is 5.26 Å². The minimum absolute atomic E-state index is 1.57. The second-order valence-corrected chi connectivity index (χ2v) is 1.38. The fourth-order valence-electron chi connectivity index (χ4n) is 0.223. The summed E-state index contributed by atoms with van der Waals surface area (Å²) in [6, 6.07) is 3.69. The first-order valence-corrected chi connectivity index (χ1v) is 3.18. The maximum atomic E-state index is 7.97. The van der Waals surface area contributed by atoms with Gasteiger partial charge in [0.2, 0.25) is 0 Å². The fraction of sp³-hybridized carbons (Fsp3) is 0. The van der Waals surface area contributed by atoms with E-state index in [2.05, 4.69) is 66.4 Å². The fourth-order valence-corrected chi connectivity index (χ4v) is 0.256. The number of hydrogen-bond acceptors (Lipinski definition) is 5. The molecule has 0 aliphatic carbocycles. The molecule has 0 aromatic heterocycles. The van der Waals surface area contributed by atoms with Gasteiger partial charge in [-0.1, -0.05) is 5.11 Å². The maximum Gasteiger partial charge on any atom is 0.153 e. The van der Waals surface area contributed by atoms with Crippen molar-refractivity contribution < 1.29 is 4.28 Å². The summed E-state index contributed by atoms with van der Waals surface area (Å²) in [6.07, 6.45) is 0. The standard InChI is InChI=1S/C5HN7OS/c6-4-2-1-3-5-7-8-9-10-11-12-13-14/h14H/b8-7?,10-9+,12-11+. The first-order valence-electron chi connectivity index (χ1n) is 2.81. The van der Waals surface area contributed by atoms with Crippen molar-refractivity contribution in [2.45, 2.75) is 0 Å². The van der Waals surface area contributed by atoms with E-state index < -0.39 is 0 Å². The first-order chi connectivity index (χ1) is 6.91. The predicted octanol–water partition coefficient (Wildman–Crippen LogP) is 1.44. The Hall–Kier alpha value is -2.44. The molecule has 0 aromatic rings. The monoisotopic (exact) mass is 207 g/mol. The highest BCUT2D eigenvalue weighted by atomic mass is 32.1. The van der Waals surface area contributed by atoms with E-state index in [0.717, 1.165) is 0 Å². The first kappa shape index (κ1) is 11.6. The molecule has 8 nitrogen and oxygen atoms in total. The Kier molecular flexibility index (Phi) is 8.72. The summed E-state index contributed by atoms with van der Waals surface area (Å²) in [4.78, 5) is 0. The van der Waals surface area contributed by atoms with Crippen LogP contribution >= 0.6 is 12.9 Å². The second kappa shape index (κ2) is 10.6. The van der Waals surface area contributed by atoms with Gasteiger partial charge >= 0.3 is 0 Å². The number of nitrogens with zero attached hydrogens (tertiary/aromatic N) is 7. The zero-order valence-electron chi connectivity index (χ0n) is 6.49. The molecule has 0 bridgehead atoms. The van der Waals surface area contributed by atoms with Crippen LogP contribution in [0, 0.1) is 35.1 Å². The second-order valence-electron chi connectivity index (χ2n) is 1.22. The van der Waals surface area contributed by atoms with Crippen molar-refractivity contribution >= 4 is 12.9 Å². The van der Waals surface area contributed by atoms with Gasteiger partial charge in [-0.05, 0) is 10.4 Å². The topological polar surface area (TPSA) is 107 Å². The molecule has 0 unspecified atom stereocenters. The Morgan fingerprint density at radius 1 is 1.00 bits per heavy atom. The van der Waals surface area contributed by atoms with Crippen LogP contribution in [0.3, 0.4) is 0 Å². The zero-order chi connectivity index (χ0) is 10.5. The molecule has 0 atom stereocenters. The molecule has 0 fully saturated rings. The van der Waals surface area contributed by atoms with Gasteiger partial charge in [-0.25, -0.2) is 0 Å². The molecule has 0 radical (unpaired) electrons. The summed E-state index contributed by atoms with van der Waals surface area (Å²) in [7, 11) is 0. The molecule has 9 heteroatoms. The van der Waals surface area contributed by atoms with Crippen molar-refractivity contribution in [3.63, 3.8) is 0 Å². The summed E-state index contributed by atoms with van der Waals surface area (Å²) in [5.41, 5.74) is 0. The van der Waals surface area contributed by atoms with Gasteiger partial charge in [-0.3, -0.25) is 0 Å². The van der Waals surface area contributed by atoms with E-state index in [-0.39, 0.29) is 0 Å². The third-order valence-electron chi connectivity index (χ3n) is 0.525. The van der Waals surface area contributed by atoms with E-state index in [1.54, 1.807) is 6.07 Å². The molecule has 68 valence electrons. The van der Waals surface area contributed by atoms with Crippen molar-refractivity contribution in [2.75, 3.05) is 0 Å². The van der Waals surface area contributed by atoms with Crippen LogP contribution < -0.4 is 0 Å². The molecule has 0 N–H and O–H groups in total. The van der Waals surface area contributed by atoms with E-state index in [9.17, 15) is 0 Å². The molecule has 0 saturated heterocycles. The van der Waals surface area contributed by atoms with Crippen molar-refractivity contribution in [3.8, 4) is 29.9 Å². The highest BCUT2D eigenvalue weighted by Crippen LogP contribution is 1.85. The number of nitriles is 1. The van der Waals surface area contributed by atoms with Crippen LogP contribution in [0.5, 0.6) is 0 Å². The van der Waals surface area contributed by atoms with E-state index in [1.165, 1.54) is 0 Å². The number of thiol groups is 1. The lowest BCUT2D eigenvalue weighted by Crippen LogP contribution is -1.53. The Bertz CT molecular complexity index is 398. The normalized spacial score (nSPS) is 9.14. The molecule has 0 aliphatic heterocycles. The SMILES string of the molecule is N#CC#CC#CN=N/N=N/N=N/OS. The summed E-state index contributed by atoms with van der Waals surface area (Å²) in [5, 5.41) is 26.0. The van der Waals surface area contributed by atoms with Gasteiger partial charge in [0.25, 0.3) is 0 Å².